The molecule has 2 aliphatic carbocycles. The zero-order valence-electron chi connectivity index (χ0n) is 28.2. The van der Waals surface area contributed by atoms with E-state index in [9.17, 15) is 40.3 Å². The summed E-state index contributed by atoms with van der Waals surface area (Å²) in [6, 6.07) is 4.43. The van der Waals surface area contributed by atoms with E-state index < -0.39 is 43.1 Å². The molecule has 2 aliphatic heterocycles. The topological polar surface area (TPSA) is 175 Å². The molecule has 1 saturated carbocycles. The summed E-state index contributed by atoms with van der Waals surface area (Å²) in [6.45, 7) is 8.53. The van der Waals surface area contributed by atoms with Crippen LogP contribution in [0.1, 0.15) is 71.8 Å². The van der Waals surface area contributed by atoms with Crippen molar-refractivity contribution in [2.75, 3.05) is 18.5 Å². The molecule has 0 spiro atoms. The molecule has 0 aromatic heterocycles. The van der Waals surface area contributed by atoms with Crippen molar-refractivity contribution >= 4 is 49.2 Å². The summed E-state index contributed by atoms with van der Waals surface area (Å²) in [4.78, 5) is 37.7. The number of hydrogen-bond acceptors (Lipinski definition) is 9. The van der Waals surface area contributed by atoms with Crippen molar-refractivity contribution < 1.29 is 49.6 Å². The highest BCUT2D eigenvalue weighted by Crippen LogP contribution is 2.49. The third kappa shape index (κ3) is 7.14. The number of unbranched alkanes of at least 4 members (excludes halogenated alkanes) is 2. The largest absolute Gasteiger partial charge is 0.446 e. The fourth-order valence-corrected chi connectivity index (χ4v) is 8.53. The first-order chi connectivity index (χ1) is 22.7. The highest BCUT2D eigenvalue weighted by Gasteiger charge is 2.52. The molecular formula is C35H43N2O10S2+. The van der Waals surface area contributed by atoms with Crippen LogP contribution in [-0.2, 0) is 44.8 Å². The monoisotopic (exact) mass is 715 g/mol. The zero-order valence-corrected chi connectivity index (χ0v) is 29.9. The van der Waals surface area contributed by atoms with Crippen LogP contribution in [0.4, 0.5) is 5.69 Å². The van der Waals surface area contributed by atoms with E-state index >= 15 is 0 Å². The maximum absolute atomic E-state index is 12.3. The van der Waals surface area contributed by atoms with E-state index in [-0.39, 0.29) is 52.6 Å². The number of ketones is 2. The Balaban J connectivity index is 1.36. The van der Waals surface area contributed by atoms with Gasteiger partial charge in [-0.25, -0.2) is 4.58 Å². The molecule has 1 fully saturated rings. The van der Waals surface area contributed by atoms with Gasteiger partial charge in [-0.05, 0) is 68.7 Å². The molecule has 0 saturated heterocycles. The SMILES string of the molecule is C[N+]1=C(C=CC=C2N(CCCCCC(=O)OC3C(=O)CCC3=O)c3ccc(S(=O)(=O)O)cc3C2(C)C)C(C)(C)C2C=C(S(=O)(=O)O)C=CC21. The summed E-state index contributed by atoms with van der Waals surface area (Å²) in [5, 5.41) is 0. The molecule has 14 heteroatoms. The predicted octanol–water partition coefficient (Wildman–Crippen LogP) is 4.32. The first kappa shape index (κ1) is 36.6. The summed E-state index contributed by atoms with van der Waals surface area (Å²) < 4.78 is 74.4. The van der Waals surface area contributed by atoms with Crippen molar-refractivity contribution in [1.82, 2.24) is 0 Å². The van der Waals surface area contributed by atoms with Crippen LogP contribution in [0, 0.1) is 11.3 Å². The number of anilines is 1. The molecule has 0 radical (unpaired) electrons. The second kappa shape index (κ2) is 13.2. The first-order valence-electron chi connectivity index (χ1n) is 16.3. The number of nitrogens with zero attached hydrogens (tertiary/aromatic N) is 2. The van der Waals surface area contributed by atoms with E-state index in [1.165, 1.54) is 18.2 Å². The van der Waals surface area contributed by atoms with Gasteiger partial charge < -0.3 is 9.64 Å². The molecule has 1 aromatic rings. The van der Waals surface area contributed by atoms with Crippen molar-refractivity contribution in [3.8, 4) is 0 Å². The second-order valence-electron chi connectivity index (χ2n) is 14.1. The number of likely N-dealkylation sites (N-methyl/N-ethyl adjacent to an activating group) is 1. The minimum absolute atomic E-state index is 0.0717. The minimum atomic E-state index is -4.44. The van der Waals surface area contributed by atoms with Gasteiger partial charge in [0.25, 0.3) is 20.2 Å². The van der Waals surface area contributed by atoms with Gasteiger partial charge in [-0.2, -0.15) is 16.8 Å². The summed E-state index contributed by atoms with van der Waals surface area (Å²) in [6.07, 6.45) is 11.5. The summed E-state index contributed by atoms with van der Waals surface area (Å²) in [7, 11) is -6.85. The summed E-state index contributed by atoms with van der Waals surface area (Å²) in [5.74, 6) is -1.51. The van der Waals surface area contributed by atoms with Gasteiger partial charge in [0.05, 0.1) is 21.1 Å². The van der Waals surface area contributed by atoms with Crippen molar-refractivity contribution in [2.24, 2.45) is 11.3 Å². The number of fused-ring (bicyclic) bond motifs is 2. The van der Waals surface area contributed by atoms with Crippen LogP contribution in [-0.4, -0.2) is 79.5 Å². The van der Waals surface area contributed by atoms with Crippen LogP contribution >= 0.6 is 0 Å². The molecule has 4 aliphatic rings. The lowest BCUT2D eigenvalue weighted by Gasteiger charge is -2.27. The van der Waals surface area contributed by atoms with Crippen LogP contribution in [0.3, 0.4) is 0 Å². The molecule has 264 valence electrons. The Bertz CT molecular complexity index is 1950. The van der Waals surface area contributed by atoms with E-state index in [0.717, 1.165) is 22.7 Å². The molecule has 2 atom stereocenters. The zero-order chi connectivity index (χ0) is 36.1. The van der Waals surface area contributed by atoms with Gasteiger partial charge >= 0.3 is 5.97 Å². The van der Waals surface area contributed by atoms with Crippen LogP contribution in [0.15, 0.2) is 70.2 Å². The maximum Gasteiger partial charge on any atom is 0.306 e. The third-order valence-electron chi connectivity index (χ3n) is 10.2. The van der Waals surface area contributed by atoms with Crippen molar-refractivity contribution in [3.63, 3.8) is 0 Å². The minimum Gasteiger partial charge on any atom is -0.446 e. The van der Waals surface area contributed by atoms with E-state index in [4.69, 9.17) is 4.74 Å². The highest BCUT2D eigenvalue weighted by molar-refractivity contribution is 7.90. The molecule has 2 N–H and O–H groups in total. The van der Waals surface area contributed by atoms with Gasteiger partial charge in [0.1, 0.15) is 7.05 Å². The quantitative estimate of drug-likeness (QED) is 0.110. The standard InChI is InChI=1S/C35H42N2O10S2/c1-34(2)24-20-22(48(41,42)43)13-15-26(24)36(5)30(34)10-9-11-31-35(3,4)25-21-23(49(44,45)46)14-16-27(25)37(31)19-8-6-7-12-32(40)47-33-28(38)17-18-29(33)39/h9-11,13-16,20-21,24,26,33H,6-8,12,17-19H2,1-5H3,(H-,41,42,43,44,45,46)/p+1. The lowest BCUT2D eigenvalue weighted by Crippen LogP contribution is -2.31. The van der Waals surface area contributed by atoms with Gasteiger partial charge in [-0.15, -0.1) is 0 Å². The molecular weight excluding hydrogens is 673 g/mol. The Kier molecular flexibility index (Phi) is 9.85. The fourth-order valence-electron chi connectivity index (χ4n) is 7.45. The molecule has 5 rings (SSSR count). The number of carbonyl (C=O) groups excluding carboxylic acids is 3. The second-order valence-corrected chi connectivity index (χ2v) is 16.9. The average molecular weight is 716 g/mol. The molecule has 12 nitrogen and oxygen atoms in total. The summed E-state index contributed by atoms with van der Waals surface area (Å²) in [5.41, 5.74) is 2.22. The molecule has 2 unspecified atom stereocenters. The van der Waals surface area contributed by atoms with Gasteiger partial charge in [-0.3, -0.25) is 23.5 Å². The Morgan fingerprint density at radius 1 is 1.02 bits per heavy atom. The van der Waals surface area contributed by atoms with E-state index in [1.807, 2.05) is 53.0 Å². The number of hydrogen-bond donors (Lipinski definition) is 2. The fraction of sp³-hybridized carbons (Fsp3) is 0.486. The normalized spacial score (nSPS) is 24.3. The number of ether oxygens (including phenoxy) is 1. The van der Waals surface area contributed by atoms with Crippen LogP contribution in [0.2, 0.25) is 0 Å². The number of allylic oxidation sites excluding steroid dienone is 5. The van der Waals surface area contributed by atoms with E-state index in [2.05, 4.69) is 9.48 Å². The number of benzene rings is 1. The Hall–Kier alpha value is -3.72. The molecule has 1 aromatic carbocycles. The van der Waals surface area contributed by atoms with Gasteiger partial charge in [-0.1, -0.05) is 32.4 Å². The van der Waals surface area contributed by atoms with Crippen LogP contribution < -0.4 is 4.90 Å². The molecule has 2 heterocycles. The highest BCUT2D eigenvalue weighted by atomic mass is 32.2. The molecule has 0 bridgehead atoms. The molecule has 49 heavy (non-hydrogen) atoms. The first-order valence-corrected chi connectivity index (χ1v) is 19.1. The molecule has 0 amide bonds. The van der Waals surface area contributed by atoms with Gasteiger partial charge in [0, 0.05) is 48.7 Å². The Morgan fingerprint density at radius 2 is 1.69 bits per heavy atom. The number of Topliss-reactive ketones (excluding diaryl/α,β-unsaturated/α-hetero) is 2. The van der Waals surface area contributed by atoms with E-state index in [1.54, 1.807) is 18.2 Å². The van der Waals surface area contributed by atoms with Crippen molar-refractivity contribution in [2.45, 2.75) is 88.7 Å². The van der Waals surface area contributed by atoms with Gasteiger partial charge in [0.15, 0.2) is 23.3 Å². The Labute approximate surface area is 287 Å². The van der Waals surface area contributed by atoms with Crippen LogP contribution in [0.25, 0.3) is 0 Å². The maximum atomic E-state index is 12.3. The van der Waals surface area contributed by atoms with Crippen molar-refractivity contribution in [1.29, 1.82) is 0 Å². The van der Waals surface area contributed by atoms with Crippen molar-refractivity contribution in [3.05, 3.63) is 70.8 Å². The lowest BCUT2D eigenvalue weighted by atomic mass is 9.73. The number of carbonyl (C=O) groups is 3. The lowest BCUT2D eigenvalue weighted by molar-refractivity contribution is -0.521. The predicted molar refractivity (Wildman–Crippen MR) is 182 cm³/mol. The smallest absolute Gasteiger partial charge is 0.306 e. The van der Waals surface area contributed by atoms with E-state index in [0.29, 0.717) is 25.8 Å². The third-order valence-corrected chi connectivity index (χ3v) is 11.9. The number of esters is 1. The summed E-state index contributed by atoms with van der Waals surface area (Å²) >= 11 is 0. The van der Waals surface area contributed by atoms with Crippen LogP contribution in [0.5, 0.6) is 0 Å². The average Bonchev–Trinajstić information content (AvgIpc) is 3.51. The number of rotatable bonds is 11. The van der Waals surface area contributed by atoms with Gasteiger partial charge in [0.2, 0.25) is 6.10 Å². The Morgan fingerprint density at radius 3 is 2.33 bits per heavy atom.